The molecule has 0 unspecified atom stereocenters. The maximum Gasteiger partial charge on any atom is 0.0614 e. The van der Waals surface area contributed by atoms with E-state index in [9.17, 15) is 0 Å². The van der Waals surface area contributed by atoms with Crippen LogP contribution in [0.5, 0.6) is 0 Å². The molecule has 1 rings (SSSR count). The van der Waals surface area contributed by atoms with E-state index in [1.807, 2.05) is 0 Å². The third-order valence-corrected chi connectivity index (χ3v) is 3.95. The van der Waals surface area contributed by atoms with E-state index < -0.39 is 0 Å². The van der Waals surface area contributed by atoms with Crippen LogP contribution in [0.4, 0.5) is 11.4 Å². The lowest BCUT2D eigenvalue weighted by molar-refractivity contribution is 0.269. The Hall–Kier alpha value is -0.640. The molecule has 0 aromatic heterocycles. The van der Waals surface area contributed by atoms with Gasteiger partial charge in [0.2, 0.25) is 0 Å². The van der Waals surface area contributed by atoms with Gasteiger partial charge in [-0.1, -0.05) is 23.2 Å². The summed E-state index contributed by atoms with van der Waals surface area (Å²) in [5.74, 6) is 0. The molecule has 3 nitrogen and oxygen atoms in total. The molecule has 0 amide bonds. The minimum absolute atomic E-state index is 0.489. The first-order valence-corrected chi connectivity index (χ1v) is 7.36. The normalized spacial score (nSPS) is 11.3. The van der Waals surface area contributed by atoms with Crippen molar-refractivity contribution in [1.82, 2.24) is 4.90 Å². The highest BCUT2D eigenvalue weighted by atomic mass is 35.5. The molecule has 0 fully saturated rings. The molecule has 108 valence electrons. The van der Waals surface area contributed by atoms with E-state index in [0.717, 1.165) is 31.6 Å². The summed E-state index contributed by atoms with van der Waals surface area (Å²) in [4.78, 5) is 2.34. The van der Waals surface area contributed by atoms with E-state index in [4.69, 9.17) is 28.9 Å². The number of hydrogen-bond donors (Lipinski definition) is 2. The molecule has 0 atom stereocenters. The highest BCUT2D eigenvalue weighted by Gasteiger charge is 2.05. The van der Waals surface area contributed by atoms with Crippen molar-refractivity contribution in [2.75, 3.05) is 31.2 Å². The molecule has 0 saturated carbocycles. The summed E-state index contributed by atoms with van der Waals surface area (Å²) in [6, 6.07) is 4.05. The summed E-state index contributed by atoms with van der Waals surface area (Å²) in [6.45, 7) is 6.40. The van der Waals surface area contributed by atoms with E-state index >= 15 is 0 Å². The van der Waals surface area contributed by atoms with Crippen LogP contribution in [0.15, 0.2) is 12.1 Å². The number of nitrogens with zero attached hydrogens (tertiary/aromatic N) is 1. The number of nitrogens with one attached hydrogen (secondary N) is 1. The van der Waals surface area contributed by atoms with Gasteiger partial charge in [-0.05, 0) is 52.4 Å². The van der Waals surface area contributed by atoms with Crippen molar-refractivity contribution in [2.24, 2.45) is 0 Å². The smallest absolute Gasteiger partial charge is 0.0614 e. The lowest BCUT2D eigenvalue weighted by Crippen LogP contribution is -2.27. The third kappa shape index (κ3) is 5.47. The fourth-order valence-corrected chi connectivity index (χ4v) is 2.02. The van der Waals surface area contributed by atoms with Crippen LogP contribution in [0.2, 0.25) is 10.0 Å². The molecule has 0 aliphatic rings. The minimum atomic E-state index is 0.489. The summed E-state index contributed by atoms with van der Waals surface area (Å²) in [6.07, 6.45) is 2.25. The van der Waals surface area contributed by atoms with Crippen molar-refractivity contribution < 1.29 is 0 Å². The number of rotatable bonds is 7. The molecule has 0 spiro atoms. The van der Waals surface area contributed by atoms with E-state index in [0.29, 0.717) is 21.8 Å². The zero-order valence-corrected chi connectivity index (χ0v) is 13.4. The second-order valence-electron chi connectivity index (χ2n) is 5.06. The highest BCUT2D eigenvalue weighted by Crippen LogP contribution is 2.30. The van der Waals surface area contributed by atoms with Crippen molar-refractivity contribution in [1.29, 1.82) is 0 Å². The maximum atomic E-state index is 5.97. The number of benzene rings is 1. The van der Waals surface area contributed by atoms with Crippen molar-refractivity contribution in [3.05, 3.63) is 22.2 Å². The van der Waals surface area contributed by atoms with E-state index in [1.54, 1.807) is 12.1 Å². The standard InChI is InChI=1S/C14H23Cl2N3/c1-10(2)19(3)7-5-4-6-18-14-9-12(16)11(15)8-13(14)17/h8-10,18H,4-7,17H2,1-3H3. The first kappa shape index (κ1) is 16.4. The number of nitrogen functional groups attached to an aromatic ring is 1. The van der Waals surface area contributed by atoms with E-state index in [1.165, 1.54) is 0 Å². The van der Waals surface area contributed by atoms with Crippen LogP contribution >= 0.6 is 23.2 Å². The molecular weight excluding hydrogens is 281 g/mol. The van der Waals surface area contributed by atoms with Crippen molar-refractivity contribution in [3.63, 3.8) is 0 Å². The summed E-state index contributed by atoms with van der Waals surface area (Å²) in [5, 5.41) is 4.31. The SMILES string of the molecule is CC(C)N(C)CCCCNc1cc(Cl)c(Cl)cc1N. The van der Waals surface area contributed by atoms with Gasteiger partial charge in [0, 0.05) is 12.6 Å². The van der Waals surface area contributed by atoms with Crippen molar-refractivity contribution >= 4 is 34.6 Å². The summed E-state index contributed by atoms with van der Waals surface area (Å²) in [5.41, 5.74) is 7.37. The number of hydrogen-bond acceptors (Lipinski definition) is 3. The Balaban J connectivity index is 2.32. The van der Waals surface area contributed by atoms with Crippen LogP contribution in [0.25, 0.3) is 0 Å². The van der Waals surface area contributed by atoms with Crippen LogP contribution < -0.4 is 11.1 Å². The molecule has 0 aliphatic carbocycles. The number of anilines is 2. The molecule has 1 aromatic rings. The van der Waals surface area contributed by atoms with Gasteiger partial charge in [0.15, 0.2) is 0 Å². The molecule has 0 saturated heterocycles. The van der Waals surface area contributed by atoms with E-state index in [2.05, 4.69) is 31.1 Å². The zero-order chi connectivity index (χ0) is 14.4. The van der Waals surface area contributed by atoms with Crippen LogP contribution in [-0.2, 0) is 0 Å². The van der Waals surface area contributed by atoms with Gasteiger partial charge in [0.05, 0.1) is 21.4 Å². The zero-order valence-electron chi connectivity index (χ0n) is 11.8. The Morgan fingerprint density at radius 2 is 1.84 bits per heavy atom. The van der Waals surface area contributed by atoms with Gasteiger partial charge in [-0.15, -0.1) is 0 Å². The number of unbranched alkanes of at least 4 members (excludes halogenated alkanes) is 1. The molecule has 0 radical (unpaired) electrons. The summed E-state index contributed by atoms with van der Waals surface area (Å²) >= 11 is 11.9. The molecule has 19 heavy (non-hydrogen) atoms. The van der Waals surface area contributed by atoms with Gasteiger partial charge in [-0.2, -0.15) is 0 Å². The molecule has 1 aromatic carbocycles. The number of halogens is 2. The van der Waals surface area contributed by atoms with Crippen LogP contribution in [0, 0.1) is 0 Å². The summed E-state index contributed by atoms with van der Waals surface area (Å²) in [7, 11) is 2.15. The number of nitrogens with two attached hydrogens (primary N) is 1. The predicted octanol–water partition coefficient (Wildman–Crippen LogP) is 4.11. The molecule has 3 N–H and O–H groups in total. The lowest BCUT2D eigenvalue weighted by atomic mass is 10.2. The van der Waals surface area contributed by atoms with Crippen LogP contribution in [-0.4, -0.2) is 31.1 Å². The van der Waals surface area contributed by atoms with Gasteiger partial charge in [0.25, 0.3) is 0 Å². The monoisotopic (exact) mass is 303 g/mol. The van der Waals surface area contributed by atoms with Crippen LogP contribution in [0.1, 0.15) is 26.7 Å². The molecule has 0 bridgehead atoms. The molecule has 0 heterocycles. The topological polar surface area (TPSA) is 41.3 Å². The minimum Gasteiger partial charge on any atom is -0.397 e. The molecule has 5 heteroatoms. The lowest BCUT2D eigenvalue weighted by Gasteiger charge is -2.20. The van der Waals surface area contributed by atoms with Crippen molar-refractivity contribution in [2.45, 2.75) is 32.7 Å². The van der Waals surface area contributed by atoms with Gasteiger partial charge in [0.1, 0.15) is 0 Å². The molecular formula is C14H23Cl2N3. The third-order valence-electron chi connectivity index (χ3n) is 3.23. The van der Waals surface area contributed by atoms with Crippen LogP contribution in [0.3, 0.4) is 0 Å². The maximum absolute atomic E-state index is 5.97. The van der Waals surface area contributed by atoms with Gasteiger partial charge in [-0.3, -0.25) is 0 Å². The predicted molar refractivity (Wildman–Crippen MR) is 86.4 cm³/mol. The average molecular weight is 304 g/mol. The largest absolute Gasteiger partial charge is 0.397 e. The average Bonchev–Trinajstić information content (AvgIpc) is 2.34. The van der Waals surface area contributed by atoms with Gasteiger partial charge >= 0.3 is 0 Å². The highest BCUT2D eigenvalue weighted by molar-refractivity contribution is 6.42. The van der Waals surface area contributed by atoms with Crippen molar-refractivity contribution in [3.8, 4) is 0 Å². The Kier molecular flexibility index (Phi) is 6.76. The second-order valence-corrected chi connectivity index (χ2v) is 5.88. The van der Waals surface area contributed by atoms with E-state index in [-0.39, 0.29) is 0 Å². The fourth-order valence-electron chi connectivity index (χ4n) is 1.68. The Morgan fingerprint density at radius 3 is 2.47 bits per heavy atom. The summed E-state index contributed by atoms with van der Waals surface area (Å²) < 4.78 is 0. The first-order chi connectivity index (χ1) is 8.91. The fraction of sp³-hybridized carbons (Fsp3) is 0.571. The van der Waals surface area contributed by atoms with Gasteiger partial charge in [-0.25, -0.2) is 0 Å². The Morgan fingerprint density at radius 1 is 1.21 bits per heavy atom. The molecule has 0 aliphatic heterocycles. The Labute approximate surface area is 126 Å². The first-order valence-electron chi connectivity index (χ1n) is 6.60. The second kappa shape index (κ2) is 7.83. The van der Waals surface area contributed by atoms with Gasteiger partial charge < -0.3 is 16.0 Å². The Bertz CT molecular complexity index is 408. The quantitative estimate of drug-likeness (QED) is 0.588.